The maximum absolute atomic E-state index is 10.5. The molecule has 4 heteroatoms. The fraction of sp³-hybridized carbons (Fsp3) is 0.333. The van der Waals surface area contributed by atoms with Crippen molar-refractivity contribution in [1.29, 1.82) is 5.26 Å². The third kappa shape index (κ3) is 3.14. The molecule has 2 rings (SSSR count). The van der Waals surface area contributed by atoms with Gasteiger partial charge in [-0.25, -0.2) is 4.79 Å². The quantitative estimate of drug-likeness (QED) is 0.822. The molecule has 1 fully saturated rings. The average Bonchev–Trinajstić information content (AvgIpc) is 3.22. The summed E-state index contributed by atoms with van der Waals surface area (Å²) in [5.41, 5.74) is 2.27. The summed E-state index contributed by atoms with van der Waals surface area (Å²) in [5, 5.41) is 17.9. The van der Waals surface area contributed by atoms with E-state index < -0.39 is 5.97 Å². The van der Waals surface area contributed by atoms with E-state index in [0.29, 0.717) is 11.6 Å². The van der Waals surface area contributed by atoms with Gasteiger partial charge < -0.3 is 10.0 Å². The van der Waals surface area contributed by atoms with Crippen LogP contribution >= 0.6 is 0 Å². The third-order valence-electron chi connectivity index (χ3n) is 3.20. The molecule has 98 valence electrons. The van der Waals surface area contributed by atoms with E-state index in [0.717, 1.165) is 23.9 Å². The van der Waals surface area contributed by atoms with Crippen LogP contribution in [0.3, 0.4) is 0 Å². The number of nitriles is 1. The normalized spacial score (nSPS) is 14.3. The summed E-state index contributed by atoms with van der Waals surface area (Å²) in [5.74, 6) is -0.990. The van der Waals surface area contributed by atoms with Gasteiger partial charge in [-0.2, -0.15) is 5.26 Å². The Labute approximate surface area is 112 Å². The van der Waals surface area contributed by atoms with Crippen LogP contribution in [0.2, 0.25) is 0 Å². The Balaban J connectivity index is 2.31. The minimum Gasteiger partial charge on any atom is -0.478 e. The van der Waals surface area contributed by atoms with E-state index in [1.165, 1.54) is 18.9 Å². The van der Waals surface area contributed by atoms with Crippen molar-refractivity contribution in [2.75, 3.05) is 11.4 Å². The molecule has 1 aromatic carbocycles. The summed E-state index contributed by atoms with van der Waals surface area (Å²) in [7, 11) is 0. The lowest BCUT2D eigenvalue weighted by Crippen LogP contribution is -2.25. The van der Waals surface area contributed by atoms with Crippen molar-refractivity contribution in [2.45, 2.75) is 25.8 Å². The molecular formula is C15H16N2O2. The van der Waals surface area contributed by atoms with Gasteiger partial charge in [0, 0.05) is 18.7 Å². The molecule has 0 radical (unpaired) electrons. The van der Waals surface area contributed by atoms with Crippen molar-refractivity contribution in [1.82, 2.24) is 0 Å². The molecule has 0 unspecified atom stereocenters. The number of aliphatic carboxylic acids is 1. The van der Waals surface area contributed by atoms with Crippen LogP contribution < -0.4 is 4.90 Å². The Morgan fingerprint density at radius 3 is 2.84 bits per heavy atom. The van der Waals surface area contributed by atoms with Crippen LogP contribution in [0.1, 0.15) is 30.9 Å². The minimum atomic E-state index is -0.990. The lowest BCUT2D eigenvalue weighted by atomic mass is 10.1. The van der Waals surface area contributed by atoms with Crippen LogP contribution in [-0.2, 0) is 4.79 Å². The van der Waals surface area contributed by atoms with Crippen molar-refractivity contribution in [3.05, 3.63) is 35.4 Å². The Morgan fingerprint density at radius 1 is 1.58 bits per heavy atom. The number of nitrogens with zero attached hydrogens (tertiary/aromatic N) is 2. The molecule has 19 heavy (non-hydrogen) atoms. The summed E-state index contributed by atoms with van der Waals surface area (Å²) in [6, 6.07) is 8.24. The van der Waals surface area contributed by atoms with Crippen LogP contribution in [0.15, 0.2) is 24.3 Å². The van der Waals surface area contributed by atoms with Crippen LogP contribution in [0.4, 0.5) is 5.69 Å². The van der Waals surface area contributed by atoms with E-state index in [1.807, 2.05) is 12.1 Å². The number of rotatable bonds is 5. The largest absolute Gasteiger partial charge is 0.478 e. The zero-order chi connectivity index (χ0) is 13.8. The topological polar surface area (TPSA) is 64.3 Å². The molecule has 0 heterocycles. The highest BCUT2D eigenvalue weighted by molar-refractivity contribution is 5.85. The lowest BCUT2D eigenvalue weighted by Gasteiger charge is -2.24. The molecule has 1 N–H and O–H groups in total. The highest BCUT2D eigenvalue weighted by Gasteiger charge is 2.29. The molecule has 0 aromatic heterocycles. The number of carboxylic acid groups (broad SMARTS) is 1. The average molecular weight is 256 g/mol. The predicted octanol–water partition coefficient (Wildman–Crippen LogP) is 2.64. The van der Waals surface area contributed by atoms with Gasteiger partial charge in [0.2, 0.25) is 0 Å². The van der Waals surface area contributed by atoms with Gasteiger partial charge in [-0.15, -0.1) is 0 Å². The zero-order valence-corrected chi connectivity index (χ0v) is 10.8. The van der Waals surface area contributed by atoms with E-state index in [9.17, 15) is 10.1 Å². The molecule has 0 atom stereocenters. The number of anilines is 1. The maximum atomic E-state index is 10.5. The van der Waals surface area contributed by atoms with Gasteiger partial charge in [0.1, 0.15) is 6.07 Å². The van der Waals surface area contributed by atoms with Gasteiger partial charge in [-0.1, -0.05) is 6.07 Å². The number of carbonyl (C=O) groups is 1. The third-order valence-corrected chi connectivity index (χ3v) is 3.20. The second kappa shape index (κ2) is 5.57. The van der Waals surface area contributed by atoms with Crippen LogP contribution in [0.25, 0.3) is 6.08 Å². The molecule has 0 bridgehead atoms. The summed E-state index contributed by atoms with van der Waals surface area (Å²) in [6.45, 7) is 2.96. The smallest absolute Gasteiger partial charge is 0.328 e. The standard InChI is InChI=1S/C15H16N2O2/c1-2-17(13-5-6-13)14-7-3-11(4-8-15(18)19)9-12(14)10-16/h3-4,7-9,13H,2,5-6H2,1H3,(H,18,19)/b8-4+. The van der Waals surface area contributed by atoms with Crippen LogP contribution in [0.5, 0.6) is 0 Å². The Morgan fingerprint density at radius 2 is 2.32 bits per heavy atom. The highest BCUT2D eigenvalue weighted by atomic mass is 16.4. The van der Waals surface area contributed by atoms with Crippen molar-refractivity contribution in [3.63, 3.8) is 0 Å². The monoisotopic (exact) mass is 256 g/mol. The number of hydrogen-bond donors (Lipinski definition) is 1. The Hall–Kier alpha value is -2.28. The van der Waals surface area contributed by atoms with Gasteiger partial charge >= 0.3 is 5.97 Å². The van der Waals surface area contributed by atoms with E-state index in [1.54, 1.807) is 6.07 Å². The fourth-order valence-corrected chi connectivity index (χ4v) is 2.18. The van der Waals surface area contributed by atoms with Gasteiger partial charge in [0.15, 0.2) is 0 Å². The van der Waals surface area contributed by atoms with E-state index in [2.05, 4.69) is 17.9 Å². The van der Waals surface area contributed by atoms with Gasteiger partial charge in [-0.3, -0.25) is 0 Å². The maximum Gasteiger partial charge on any atom is 0.328 e. The van der Waals surface area contributed by atoms with E-state index in [4.69, 9.17) is 5.11 Å². The van der Waals surface area contributed by atoms with Crippen molar-refractivity contribution in [3.8, 4) is 6.07 Å². The highest BCUT2D eigenvalue weighted by Crippen LogP contribution is 2.33. The Kier molecular flexibility index (Phi) is 3.86. The first kappa shape index (κ1) is 13.2. The predicted molar refractivity (Wildman–Crippen MR) is 73.9 cm³/mol. The molecule has 1 aliphatic carbocycles. The van der Waals surface area contributed by atoms with Crippen LogP contribution in [-0.4, -0.2) is 23.7 Å². The molecule has 0 amide bonds. The first-order valence-electron chi connectivity index (χ1n) is 6.37. The molecule has 1 aromatic rings. The molecule has 1 saturated carbocycles. The van der Waals surface area contributed by atoms with E-state index in [-0.39, 0.29) is 0 Å². The molecular weight excluding hydrogens is 240 g/mol. The summed E-state index contributed by atoms with van der Waals surface area (Å²) < 4.78 is 0. The Bertz CT molecular complexity index is 554. The first-order chi connectivity index (χ1) is 9.15. The lowest BCUT2D eigenvalue weighted by molar-refractivity contribution is -0.131. The first-order valence-corrected chi connectivity index (χ1v) is 6.37. The second-order valence-electron chi connectivity index (χ2n) is 4.58. The minimum absolute atomic E-state index is 0.553. The van der Waals surface area contributed by atoms with Crippen molar-refractivity contribution < 1.29 is 9.90 Å². The van der Waals surface area contributed by atoms with Crippen molar-refractivity contribution in [2.24, 2.45) is 0 Å². The van der Waals surface area contributed by atoms with E-state index >= 15 is 0 Å². The summed E-state index contributed by atoms with van der Waals surface area (Å²) in [6.07, 6.45) is 4.94. The SMILES string of the molecule is CCN(c1ccc(/C=C/C(=O)O)cc1C#N)C1CC1. The number of carboxylic acids is 1. The fourth-order valence-electron chi connectivity index (χ4n) is 2.18. The molecule has 0 saturated heterocycles. The second-order valence-corrected chi connectivity index (χ2v) is 4.58. The van der Waals surface area contributed by atoms with Gasteiger partial charge in [-0.05, 0) is 43.5 Å². The summed E-state index contributed by atoms with van der Waals surface area (Å²) in [4.78, 5) is 12.7. The van der Waals surface area contributed by atoms with Gasteiger partial charge in [0.25, 0.3) is 0 Å². The number of benzene rings is 1. The zero-order valence-electron chi connectivity index (χ0n) is 10.8. The number of hydrogen-bond acceptors (Lipinski definition) is 3. The molecule has 0 spiro atoms. The molecule has 1 aliphatic rings. The summed E-state index contributed by atoms with van der Waals surface area (Å²) >= 11 is 0. The molecule has 0 aliphatic heterocycles. The molecule has 4 nitrogen and oxygen atoms in total. The van der Waals surface area contributed by atoms with Crippen LogP contribution in [0, 0.1) is 11.3 Å². The van der Waals surface area contributed by atoms with Crippen molar-refractivity contribution >= 4 is 17.7 Å². The van der Waals surface area contributed by atoms with Gasteiger partial charge in [0.05, 0.1) is 11.3 Å².